The summed E-state index contributed by atoms with van der Waals surface area (Å²) in [7, 11) is 0. The summed E-state index contributed by atoms with van der Waals surface area (Å²) in [6.45, 7) is 4.64. The molecular formula is C24H27N3O3. The van der Waals surface area contributed by atoms with E-state index in [1.54, 1.807) is 0 Å². The van der Waals surface area contributed by atoms with Crippen LogP contribution in [0.5, 0.6) is 0 Å². The summed E-state index contributed by atoms with van der Waals surface area (Å²) in [5.41, 5.74) is 2.88. The summed E-state index contributed by atoms with van der Waals surface area (Å²) in [6.07, 6.45) is 3.65. The summed E-state index contributed by atoms with van der Waals surface area (Å²) < 4.78 is 5.65. The Morgan fingerprint density at radius 3 is 2.50 bits per heavy atom. The second-order valence-electron chi connectivity index (χ2n) is 7.26. The van der Waals surface area contributed by atoms with Gasteiger partial charge >= 0.3 is 0 Å². The molecule has 2 N–H and O–H groups in total. The molecule has 6 nitrogen and oxygen atoms in total. The van der Waals surface area contributed by atoms with Crippen LogP contribution in [0.4, 0.5) is 0 Å². The summed E-state index contributed by atoms with van der Waals surface area (Å²) in [5, 5.41) is 5.69. The molecule has 0 saturated carbocycles. The highest BCUT2D eigenvalue weighted by Gasteiger charge is 2.23. The summed E-state index contributed by atoms with van der Waals surface area (Å²) in [6, 6.07) is 16.6. The minimum atomic E-state index is -0.704. The molecule has 3 rings (SSSR count). The number of nitrogens with zero attached hydrogens (tertiary/aromatic N) is 1. The zero-order chi connectivity index (χ0) is 21.3. The van der Waals surface area contributed by atoms with Crippen molar-refractivity contribution >= 4 is 11.8 Å². The molecule has 0 saturated heterocycles. The Hall–Kier alpha value is -3.41. The van der Waals surface area contributed by atoms with Crippen LogP contribution in [0.15, 0.2) is 65.2 Å². The van der Waals surface area contributed by atoms with Gasteiger partial charge in [-0.25, -0.2) is 4.98 Å². The molecule has 3 aromatic rings. The van der Waals surface area contributed by atoms with Crippen molar-refractivity contribution in [3.05, 3.63) is 77.7 Å². The van der Waals surface area contributed by atoms with E-state index >= 15 is 0 Å². The fourth-order valence-corrected chi connectivity index (χ4v) is 3.01. The van der Waals surface area contributed by atoms with Gasteiger partial charge in [0.25, 0.3) is 5.91 Å². The van der Waals surface area contributed by atoms with Crippen molar-refractivity contribution in [1.82, 2.24) is 15.6 Å². The van der Waals surface area contributed by atoms with Gasteiger partial charge < -0.3 is 15.1 Å². The Morgan fingerprint density at radius 2 is 1.80 bits per heavy atom. The van der Waals surface area contributed by atoms with Crippen molar-refractivity contribution < 1.29 is 14.0 Å². The van der Waals surface area contributed by atoms with Gasteiger partial charge in [0.1, 0.15) is 6.04 Å². The van der Waals surface area contributed by atoms with E-state index in [2.05, 4.69) is 22.5 Å². The predicted octanol–water partition coefficient (Wildman–Crippen LogP) is 3.91. The standard InChI is InChI=1S/C24H27N3O3/c1-3-4-14-25-22(28)20(15-18-8-6-5-7-9-18)27-23(29)21-16-26-24(30-21)19-12-10-17(2)11-13-19/h5-13,16,20H,3-4,14-15H2,1-2H3,(H,25,28)(H,27,29). The first-order chi connectivity index (χ1) is 14.6. The number of benzene rings is 2. The molecule has 1 aromatic heterocycles. The summed E-state index contributed by atoms with van der Waals surface area (Å²) in [5.74, 6) is -0.233. The van der Waals surface area contributed by atoms with E-state index in [1.165, 1.54) is 6.20 Å². The number of nitrogens with one attached hydrogen (secondary N) is 2. The number of hydrogen-bond acceptors (Lipinski definition) is 4. The monoisotopic (exact) mass is 405 g/mol. The van der Waals surface area contributed by atoms with Crippen molar-refractivity contribution in [3.8, 4) is 11.5 Å². The van der Waals surface area contributed by atoms with Crippen LogP contribution in [0.25, 0.3) is 11.5 Å². The first-order valence-corrected chi connectivity index (χ1v) is 10.2. The highest BCUT2D eigenvalue weighted by Crippen LogP contribution is 2.19. The Bertz CT molecular complexity index is 965. The van der Waals surface area contributed by atoms with Gasteiger partial charge in [-0.3, -0.25) is 9.59 Å². The maximum absolute atomic E-state index is 12.8. The lowest BCUT2D eigenvalue weighted by Gasteiger charge is -2.18. The number of carbonyl (C=O) groups excluding carboxylic acids is 2. The van der Waals surface area contributed by atoms with E-state index in [9.17, 15) is 9.59 Å². The third kappa shape index (κ3) is 5.80. The van der Waals surface area contributed by atoms with Crippen molar-refractivity contribution in [2.45, 2.75) is 39.2 Å². The lowest BCUT2D eigenvalue weighted by Crippen LogP contribution is -2.48. The maximum atomic E-state index is 12.8. The molecule has 0 radical (unpaired) electrons. The van der Waals surface area contributed by atoms with Gasteiger partial charge in [0, 0.05) is 18.5 Å². The topological polar surface area (TPSA) is 84.2 Å². The van der Waals surface area contributed by atoms with Gasteiger partial charge in [0.2, 0.25) is 17.6 Å². The second kappa shape index (κ2) is 10.4. The first-order valence-electron chi connectivity index (χ1n) is 10.2. The van der Waals surface area contributed by atoms with Crippen molar-refractivity contribution in [3.63, 3.8) is 0 Å². The van der Waals surface area contributed by atoms with E-state index < -0.39 is 11.9 Å². The van der Waals surface area contributed by atoms with Crippen LogP contribution in [-0.4, -0.2) is 29.4 Å². The third-order valence-corrected chi connectivity index (χ3v) is 4.76. The van der Waals surface area contributed by atoms with Crippen molar-refractivity contribution in [2.75, 3.05) is 6.54 Å². The van der Waals surface area contributed by atoms with E-state index in [0.29, 0.717) is 18.9 Å². The highest BCUT2D eigenvalue weighted by molar-refractivity contribution is 5.95. The van der Waals surface area contributed by atoms with Crippen LogP contribution in [-0.2, 0) is 11.2 Å². The van der Waals surface area contributed by atoms with Gasteiger partial charge in [-0.2, -0.15) is 0 Å². The Labute approximate surface area is 176 Å². The quantitative estimate of drug-likeness (QED) is 0.529. The molecule has 2 aromatic carbocycles. The zero-order valence-electron chi connectivity index (χ0n) is 17.4. The largest absolute Gasteiger partial charge is 0.431 e. The molecule has 0 fully saturated rings. The molecular weight excluding hydrogens is 378 g/mol. The number of unbranched alkanes of at least 4 members (excludes halogenated alkanes) is 1. The number of carbonyl (C=O) groups is 2. The molecule has 30 heavy (non-hydrogen) atoms. The van der Waals surface area contributed by atoms with E-state index in [0.717, 1.165) is 29.5 Å². The smallest absolute Gasteiger partial charge is 0.289 e. The average molecular weight is 405 g/mol. The van der Waals surface area contributed by atoms with E-state index in [1.807, 2.05) is 61.5 Å². The zero-order valence-corrected chi connectivity index (χ0v) is 17.4. The fraction of sp³-hybridized carbons (Fsp3) is 0.292. The number of aryl methyl sites for hydroxylation is 1. The molecule has 1 atom stereocenters. The number of amides is 2. The molecule has 6 heteroatoms. The van der Waals surface area contributed by atoms with Crippen molar-refractivity contribution in [1.29, 1.82) is 0 Å². The van der Waals surface area contributed by atoms with Gasteiger partial charge in [-0.1, -0.05) is 61.4 Å². The van der Waals surface area contributed by atoms with Crippen LogP contribution in [0.1, 0.15) is 41.4 Å². The summed E-state index contributed by atoms with van der Waals surface area (Å²) in [4.78, 5) is 29.6. The van der Waals surface area contributed by atoms with Crippen LogP contribution in [0.3, 0.4) is 0 Å². The minimum absolute atomic E-state index is 0.0741. The number of oxazole rings is 1. The highest BCUT2D eigenvalue weighted by atomic mass is 16.4. The van der Waals surface area contributed by atoms with Crippen LogP contribution >= 0.6 is 0 Å². The number of hydrogen-bond donors (Lipinski definition) is 2. The van der Waals surface area contributed by atoms with Gasteiger partial charge in [0.15, 0.2) is 0 Å². The molecule has 0 aliphatic rings. The van der Waals surface area contributed by atoms with Crippen LogP contribution < -0.4 is 10.6 Å². The first kappa shape index (κ1) is 21.3. The lowest BCUT2D eigenvalue weighted by molar-refractivity contribution is -0.122. The molecule has 156 valence electrons. The fourth-order valence-electron chi connectivity index (χ4n) is 3.01. The van der Waals surface area contributed by atoms with Gasteiger partial charge in [0.05, 0.1) is 6.20 Å². The summed E-state index contributed by atoms with van der Waals surface area (Å²) >= 11 is 0. The molecule has 0 aliphatic carbocycles. The minimum Gasteiger partial charge on any atom is -0.431 e. The lowest BCUT2D eigenvalue weighted by atomic mass is 10.0. The number of aromatic nitrogens is 1. The van der Waals surface area contributed by atoms with Crippen molar-refractivity contribution in [2.24, 2.45) is 0 Å². The van der Waals surface area contributed by atoms with Gasteiger partial charge in [-0.15, -0.1) is 0 Å². The Kier molecular flexibility index (Phi) is 7.38. The molecule has 2 amide bonds. The Balaban J connectivity index is 1.72. The second-order valence-corrected chi connectivity index (χ2v) is 7.26. The van der Waals surface area contributed by atoms with Gasteiger partial charge in [-0.05, 0) is 31.0 Å². The molecule has 1 heterocycles. The SMILES string of the molecule is CCCCNC(=O)C(Cc1ccccc1)NC(=O)c1cnc(-c2ccc(C)cc2)o1. The maximum Gasteiger partial charge on any atom is 0.289 e. The van der Waals surface area contributed by atoms with E-state index in [4.69, 9.17) is 4.42 Å². The van der Waals surface area contributed by atoms with Crippen LogP contribution in [0.2, 0.25) is 0 Å². The molecule has 0 spiro atoms. The number of rotatable bonds is 9. The molecule has 0 aliphatic heterocycles. The normalized spacial score (nSPS) is 11.7. The van der Waals surface area contributed by atoms with E-state index in [-0.39, 0.29) is 11.7 Å². The third-order valence-electron chi connectivity index (χ3n) is 4.76. The Morgan fingerprint density at radius 1 is 1.07 bits per heavy atom. The van der Waals surface area contributed by atoms with Crippen LogP contribution in [0, 0.1) is 6.92 Å². The molecule has 1 unspecified atom stereocenters. The predicted molar refractivity (Wildman–Crippen MR) is 116 cm³/mol. The molecule has 0 bridgehead atoms. The average Bonchev–Trinajstić information content (AvgIpc) is 3.25.